The van der Waals surface area contributed by atoms with Gasteiger partial charge in [0, 0.05) is 43.7 Å². The minimum atomic E-state index is -0.499. The summed E-state index contributed by atoms with van der Waals surface area (Å²) in [7, 11) is 0. The summed E-state index contributed by atoms with van der Waals surface area (Å²) in [6.07, 6.45) is 6.67. The molecule has 6 heteroatoms. The van der Waals surface area contributed by atoms with Gasteiger partial charge in [0.1, 0.15) is 11.4 Å². The smallest absolute Gasteiger partial charge is 0.126 e. The number of pyridine rings is 1. The second-order valence-electron chi connectivity index (χ2n) is 9.89. The topological polar surface area (TPSA) is 66.5 Å². The van der Waals surface area contributed by atoms with E-state index >= 15 is 0 Å². The van der Waals surface area contributed by atoms with Gasteiger partial charge >= 0.3 is 0 Å². The fourth-order valence-corrected chi connectivity index (χ4v) is 5.14. The maximum absolute atomic E-state index is 13.5. The first-order valence-electron chi connectivity index (χ1n) is 13.9. The van der Waals surface area contributed by atoms with E-state index in [4.69, 9.17) is 4.42 Å². The monoisotopic (exact) mass is 719 g/mol. The molecule has 0 fully saturated rings. The van der Waals surface area contributed by atoms with Crippen LogP contribution in [-0.4, -0.2) is 21.3 Å². The molecule has 0 aliphatic rings. The number of furan rings is 1. The van der Waals surface area contributed by atoms with E-state index in [1.807, 2.05) is 36.4 Å². The van der Waals surface area contributed by atoms with Crippen LogP contribution in [0.25, 0.3) is 44.0 Å². The van der Waals surface area contributed by atoms with Gasteiger partial charge in [0.2, 0.25) is 0 Å². The Morgan fingerprint density at radius 3 is 2.38 bits per heavy atom. The van der Waals surface area contributed by atoms with Crippen LogP contribution in [0.4, 0.5) is 4.39 Å². The molecular weight excluding hydrogens is 682 g/mol. The van der Waals surface area contributed by atoms with Crippen LogP contribution in [0.15, 0.2) is 83.1 Å². The van der Waals surface area contributed by atoms with E-state index in [9.17, 15) is 14.6 Å². The molecule has 2 aromatic heterocycles. The van der Waals surface area contributed by atoms with Gasteiger partial charge < -0.3 is 19.6 Å². The van der Waals surface area contributed by atoms with Gasteiger partial charge in [-0.1, -0.05) is 75.8 Å². The van der Waals surface area contributed by atoms with Gasteiger partial charge in [-0.15, -0.1) is 18.2 Å². The second kappa shape index (κ2) is 14.5. The predicted octanol–water partition coefficient (Wildman–Crippen LogP) is 9.40. The van der Waals surface area contributed by atoms with Crippen molar-refractivity contribution in [3.63, 3.8) is 0 Å². The molecule has 0 aliphatic carbocycles. The molecule has 5 aromatic rings. The molecule has 4 nitrogen and oxygen atoms in total. The van der Waals surface area contributed by atoms with Gasteiger partial charge in [0.25, 0.3) is 0 Å². The van der Waals surface area contributed by atoms with E-state index in [-0.39, 0.29) is 37.8 Å². The fraction of sp³-hybridized carbons (Fsp3) is 0.324. The summed E-state index contributed by atoms with van der Waals surface area (Å²) in [5.41, 5.74) is 2.83. The summed E-state index contributed by atoms with van der Waals surface area (Å²) in [4.78, 5) is 4.55. The molecule has 3 aromatic carbocycles. The van der Waals surface area contributed by atoms with E-state index in [1.165, 1.54) is 12.1 Å². The molecule has 0 bridgehead atoms. The van der Waals surface area contributed by atoms with Crippen LogP contribution in [0, 0.1) is 23.7 Å². The fourth-order valence-electron chi connectivity index (χ4n) is 5.14. The second-order valence-corrected chi connectivity index (χ2v) is 9.89. The quantitative estimate of drug-likeness (QED) is 0.124. The summed E-state index contributed by atoms with van der Waals surface area (Å²) in [5.74, 6) is 0.519. The van der Waals surface area contributed by atoms with E-state index in [2.05, 4.69) is 44.8 Å². The number of aliphatic hydroxyl groups excluding tert-OH is 2. The number of fused-ring (bicyclic) bond motifs is 4. The molecule has 1 atom stereocenters. The Kier molecular flexibility index (Phi) is 11.4. The number of aliphatic hydroxyl groups is 2. The SMILES string of the molecule is CCC(CC)/C(O)=C/C(O)C(CC)CC.Fc1ccc2c(c1)oc1c(-c3nccc4ccccc34)[c-]ccc12.[Ir]. The third kappa shape index (κ3) is 6.80. The maximum Gasteiger partial charge on any atom is 0.126 e. The van der Waals surface area contributed by atoms with E-state index in [0.29, 0.717) is 16.9 Å². The third-order valence-electron chi connectivity index (χ3n) is 7.58. The maximum atomic E-state index is 13.5. The normalized spacial score (nSPS) is 12.6. The predicted molar refractivity (Wildman–Crippen MR) is 158 cm³/mol. The first-order valence-corrected chi connectivity index (χ1v) is 13.9. The zero-order chi connectivity index (χ0) is 27.9. The number of hydrogen-bond acceptors (Lipinski definition) is 4. The van der Waals surface area contributed by atoms with Crippen molar-refractivity contribution in [3.05, 3.63) is 90.6 Å². The molecule has 0 spiro atoms. The Morgan fingerprint density at radius 2 is 1.68 bits per heavy atom. The molecule has 0 amide bonds. The Bertz CT molecular complexity index is 1560. The number of benzene rings is 3. The molecule has 0 saturated carbocycles. The van der Waals surface area contributed by atoms with Gasteiger partial charge in [-0.3, -0.25) is 0 Å². The van der Waals surface area contributed by atoms with Crippen molar-refractivity contribution < 1.29 is 39.1 Å². The first kappa shape index (κ1) is 31.5. The Morgan fingerprint density at radius 1 is 0.950 bits per heavy atom. The Labute approximate surface area is 249 Å². The van der Waals surface area contributed by atoms with Crippen molar-refractivity contribution in [2.45, 2.75) is 59.5 Å². The number of rotatable bonds is 8. The number of allylic oxidation sites excluding steroid dienone is 1. The van der Waals surface area contributed by atoms with E-state index in [0.717, 1.165) is 58.5 Å². The van der Waals surface area contributed by atoms with Crippen molar-refractivity contribution >= 4 is 32.7 Å². The average molecular weight is 719 g/mol. The van der Waals surface area contributed by atoms with Crippen LogP contribution in [0.5, 0.6) is 0 Å². The van der Waals surface area contributed by atoms with Crippen LogP contribution >= 0.6 is 0 Å². The zero-order valence-electron chi connectivity index (χ0n) is 23.4. The molecular formula is C34H37FIrNO3-. The standard InChI is InChI=1S/C21H11FNO.C13H26O2.Ir/c22-14-8-9-16-17-6-3-7-18(21(17)24-19(16)12-14)20-15-5-2-1-4-13(15)10-11-23-20;1-5-10(6-2)12(14)9-13(15)11(7-3)8-4;/h1-6,8-12H;9-12,14-15H,5-8H2,1-4H3;/q-1;;/b;13-9-;. The average Bonchev–Trinajstić information content (AvgIpc) is 3.32. The third-order valence-corrected chi connectivity index (χ3v) is 7.58. The van der Waals surface area contributed by atoms with Crippen LogP contribution in [0.2, 0.25) is 0 Å². The largest absolute Gasteiger partial charge is 0.512 e. The number of halogens is 1. The van der Waals surface area contributed by atoms with Crippen molar-refractivity contribution in [2.24, 2.45) is 11.8 Å². The number of hydrogen-bond donors (Lipinski definition) is 2. The first-order chi connectivity index (χ1) is 18.9. The van der Waals surface area contributed by atoms with Crippen molar-refractivity contribution in [3.8, 4) is 11.3 Å². The van der Waals surface area contributed by atoms with Gasteiger partial charge in [0.15, 0.2) is 0 Å². The van der Waals surface area contributed by atoms with Crippen LogP contribution in [-0.2, 0) is 20.1 Å². The minimum Gasteiger partial charge on any atom is -0.512 e. The Balaban J connectivity index is 0.000000243. The van der Waals surface area contributed by atoms with Gasteiger partial charge in [-0.05, 0) is 59.5 Å². The van der Waals surface area contributed by atoms with Crippen LogP contribution in [0.1, 0.15) is 53.4 Å². The minimum absolute atomic E-state index is 0. The number of nitrogens with zero attached hydrogens (tertiary/aromatic N) is 1. The molecule has 5 rings (SSSR count). The molecule has 0 aliphatic heterocycles. The molecule has 0 saturated heterocycles. The Hall–Kier alpha value is -3.05. The van der Waals surface area contributed by atoms with E-state index in [1.54, 1.807) is 18.3 Å². The van der Waals surface area contributed by atoms with Crippen molar-refractivity contribution in [1.29, 1.82) is 0 Å². The molecule has 40 heavy (non-hydrogen) atoms. The van der Waals surface area contributed by atoms with Gasteiger partial charge in [0.05, 0.1) is 17.4 Å². The molecule has 1 radical (unpaired) electrons. The van der Waals surface area contributed by atoms with Crippen molar-refractivity contribution in [2.75, 3.05) is 0 Å². The zero-order valence-corrected chi connectivity index (χ0v) is 25.8. The summed E-state index contributed by atoms with van der Waals surface area (Å²) in [6.45, 7) is 8.25. The summed E-state index contributed by atoms with van der Waals surface area (Å²) >= 11 is 0. The summed E-state index contributed by atoms with van der Waals surface area (Å²) in [6, 6.07) is 21.7. The summed E-state index contributed by atoms with van der Waals surface area (Å²) < 4.78 is 19.5. The molecule has 1 unspecified atom stereocenters. The van der Waals surface area contributed by atoms with Gasteiger partial charge in [-0.2, -0.15) is 0 Å². The summed E-state index contributed by atoms with van der Waals surface area (Å²) in [5, 5.41) is 23.7. The van der Waals surface area contributed by atoms with E-state index < -0.39 is 6.10 Å². The van der Waals surface area contributed by atoms with Crippen LogP contribution in [0.3, 0.4) is 0 Å². The molecule has 213 valence electrons. The van der Waals surface area contributed by atoms with Crippen LogP contribution < -0.4 is 0 Å². The van der Waals surface area contributed by atoms with Crippen molar-refractivity contribution in [1.82, 2.24) is 4.98 Å². The molecule has 2 N–H and O–H groups in total. The number of aromatic nitrogens is 1. The van der Waals surface area contributed by atoms with Gasteiger partial charge in [-0.25, -0.2) is 4.39 Å². The molecule has 2 heterocycles.